The van der Waals surface area contributed by atoms with Crippen molar-refractivity contribution in [1.82, 2.24) is 5.32 Å². The average molecular weight is 145 g/mol. The van der Waals surface area contributed by atoms with E-state index in [4.69, 9.17) is 4.74 Å². The topological polar surface area (TPSA) is 21.3 Å². The van der Waals surface area contributed by atoms with Crippen molar-refractivity contribution in [3.05, 3.63) is 0 Å². The summed E-state index contributed by atoms with van der Waals surface area (Å²) in [7, 11) is 3.08. The summed E-state index contributed by atoms with van der Waals surface area (Å²) in [5, 5.41) is 3.33. The van der Waals surface area contributed by atoms with Gasteiger partial charge in [-0.05, 0) is 26.3 Å². The molecule has 1 rings (SSSR count). The molecule has 0 aromatic carbocycles. The van der Waals surface area contributed by atoms with Crippen molar-refractivity contribution in [3.8, 4) is 0 Å². The van der Waals surface area contributed by atoms with Crippen molar-refractivity contribution >= 4 is 10.2 Å². The summed E-state index contributed by atoms with van der Waals surface area (Å²) in [5.41, 5.74) is 0. The van der Waals surface area contributed by atoms with Gasteiger partial charge in [0.05, 0.1) is 15.6 Å². The van der Waals surface area contributed by atoms with E-state index in [1.807, 2.05) is 7.05 Å². The minimum atomic E-state index is 0.109. The third kappa shape index (κ3) is 1.78. The molecule has 3 heteroatoms. The summed E-state index contributed by atoms with van der Waals surface area (Å²) in [4.78, 5) is 0. The first kappa shape index (κ1) is 7.25. The summed E-state index contributed by atoms with van der Waals surface area (Å²) >= 11 is 0. The molecule has 0 radical (unpaired) electrons. The molecule has 1 N–H and O–H groups in total. The van der Waals surface area contributed by atoms with E-state index in [2.05, 4.69) is 5.32 Å². The second kappa shape index (κ2) is 2.81. The standard InChI is InChI=1S/C6H15NOSi/c1-7-6(9)4-2-3-5-8-6/h7H,2-5H2,1,9H3. The number of nitrogens with one attached hydrogen (secondary N) is 1. The molecule has 0 amide bonds. The highest BCUT2D eigenvalue weighted by atomic mass is 28.1. The lowest BCUT2D eigenvalue weighted by Crippen LogP contribution is -2.48. The van der Waals surface area contributed by atoms with Crippen LogP contribution in [0.25, 0.3) is 0 Å². The average Bonchev–Trinajstić information content (AvgIpc) is 1.90. The Morgan fingerprint density at radius 1 is 1.56 bits per heavy atom. The van der Waals surface area contributed by atoms with Gasteiger partial charge in [-0.2, -0.15) is 0 Å². The Kier molecular flexibility index (Phi) is 2.27. The monoisotopic (exact) mass is 145 g/mol. The maximum absolute atomic E-state index is 5.57. The SMILES string of the molecule is CNC1([SiH3])CCCCO1. The smallest absolute Gasteiger partial charge is 0.0944 e. The van der Waals surface area contributed by atoms with Crippen LogP contribution in [-0.2, 0) is 4.74 Å². The Bertz CT molecular complexity index is 91.1. The van der Waals surface area contributed by atoms with Crippen molar-refractivity contribution in [3.63, 3.8) is 0 Å². The van der Waals surface area contributed by atoms with E-state index in [0.717, 1.165) is 16.8 Å². The zero-order chi connectivity index (χ0) is 6.74. The van der Waals surface area contributed by atoms with Gasteiger partial charge in [-0.15, -0.1) is 0 Å². The van der Waals surface area contributed by atoms with E-state index >= 15 is 0 Å². The highest BCUT2D eigenvalue weighted by Crippen LogP contribution is 2.17. The molecule has 1 atom stereocenters. The minimum absolute atomic E-state index is 0.109. The molecule has 0 aromatic heterocycles. The molecule has 1 heterocycles. The number of hydrogen-bond acceptors (Lipinski definition) is 2. The van der Waals surface area contributed by atoms with E-state index in [9.17, 15) is 0 Å². The molecule has 1 unspecified atom stereocenters. The maximum atomic E-state index is 5.57. The van der Waals surface area contributed by atoms with Crippen LogP contribution in [0, 0.1) is 0 Å². The molecule has 1 aliphatic heterocycles. The van der Waals surface area contributed by atoms with Crippen LogP contribution < -0.4 is 5.32 Å². The van der Waals surface area contributed by atoms with Gasteiger partial charge in [0.25, 0.3) is 0 Å². The highest BCUT2D eigenvalue weighted by Gasteiger charge is 2.24. The molecule has 1 aliphatic rings. The molecule has 0 aliphatic carbocycles. The molecule has 9 heavy (non-hydrogen) atoms. The van der Waals surface area contributed by atoms with Crippen molar-refractivity contribution < 1.29 is 4.74 Å². The second-order valence-electron chi connectivity index (χ2n) is 2.79. The Balaban J connectivity index is 2.37. The molecule has 0 saturated carbocycles. The molecule has 1 saturated heterocycles. The molecule has 1 fully saturated rings. The third-order valence-electron chi connectivity index (χ3n) is 2.00. The van der Waals surface area contributed by atoms with Crippen molar-refractivity contribution in [2.75, 3.05) is 13.7 Å². The van der Waals surface area contributed by atoms with Crippen LogP contribution in [0.5, 0.6) is 0 Å². The van der Waals surface area contributed by atoms with E-state index in [-0.39, 0.29) is 5.35 Å². The molecule has 0 spiro atoms. The maximum Gasteiger partial charge on any atom is 0.0944 e. The largest absolute Gasteiger partial charge is 0.365 e. The fourth-order valence-electron chi connectivity index (χ4n) is 1.13. The van der Waals surface area contributed by atoms with E-state index in [0.29, 0.717) is 0 Å². The Labute approximate surface area is 59.4 Å². The van der Waals surface area contributed by atoms with E-state index < -0.39 is 0 Å². The highest BCUT2D eigenvalue weighted by molar-refractivity contribution is 6.14. The lowest BCUT2D eigenvalue weighted by Gasteiger charge is -2.33. The van der Waals surface area contributed by atoms with Gasteiger partial charge in [-0.1, -0.05) is 0 Å². The third-order valence-corrected chi connectivity index (χ3v) is 3.29. The van der Waals surface area contributed by atoms with Gasteiger partial charge in [-0.3, -0.25) is 5.32 Å². The van der Waals surface area contributed by atoms with Crippen molar-refractivity contribution in [2.45, 2.75) is 24.6 Å². The quantitative estimate of drug-likeness (QED) is 0.499. The predicted molar refractivity (Wildman–Crippen MR) is 41.5 cm³/mol. The zero-order valence-corrected chi connectivity index (χ0v) is 8.24. The van der Waals surface area contributed by atoms with Gasteiger partial charge in [0.2, 0.25) is 0 Å². The first-order valence-electron chi connectivity index (χ1n) is 3.60. The van der Waals surface area contributed by atoms with Gasteiger partial charge in [-0.25, -0.2) is 0 Å². The molecule has 54 valence electrons. The van der Waals surface area contributed by atoms with Crippen LogP contribution in [0.15, 0.2) is 0 Å². The van der Waals surface area contributed by atoms with Gasteiger partial charge in [0.15, 0.2) is 0 Å². The van der Waals surface area contributed by atoms with Crippen LogP contribution in [0.1, 0.15) is 19.3 Å². The van der Waals surface area contributed by atoms with E-state index in [1.54, 1.807) is 0 Å². The fraction of sp³-hybridized carbons (Fsp3) is 1.00. The molecular weight excluding hydrogens is 130 g/mol. The summed E-state index contributed by atoms with van der Waals surface area (Å²) in [6.45, 7) is 0.949. The van der Waals surface area contributed by atoms with Gasteiger partial charge in [0, 0.05) is 6.61 Å². The van der Waals surface area contributed by atoms with Crippen LogP contribution in [0.2, 0.25) is 0 Å². The van der Waals surface area contributed by atoms with Gasteiger partial charge in [0.1, 0.15) is 0 Å². The fourth-order valence-corrected chi connectivity index (χ4v) is 1.69. The number of hydrogen-bond donors (Lipinski definition) is 1. The Hall–Kier alpha value is 0.137. The van der Waals surface area contributed by atoms with E-state index in [1.165, 1.54) is 19.3 Å². The Morgan fingerprint density at radius 3 is 2.67 bits per heavy atom. The summed E-state index contributed by atoms with van der Waals surface area (Å²) in [6.07, 6.45) is 3.77. The molecule has 0 aromatic rings. The normalized spacial score (nSPS) is 37.0. The van der Waals surface area contributed by atoms with Crippen molar-refractivity contribution in [1.29, 1.82) is 0 Å². The molecular formula is C6H15NOSi. The summed E-state index contributed by atoms with van der Waals surface area (Å²) in [5.74, 6) is 0. The van der Waals surface area contributed by atoms with Crippen LogP contribution in [-0.4, -0.2) is 29.2 Å². The summed E-state index contributed by atoms with van der Waals surface area (Å²) in [6, 6.07) is 0. The number of ether oxygens (including phenoxy) is 1. The Morgan fingerprint density at radius 2 is 2.33 bits per heavy atom. The lowest BCUT2D eigenvalue weighted by atomic mass is 10.2. The first-order chi connectivity index (χ1) is 4.27. The summed E-state index contributed by atoms with van der Waals surface area (Å²) < 4.78 is 5.57. The minimum Gasteiger partial charge on any atom is -0.365 e. The molecule has 2 nitrogen and oxygen atoms in total. The van der Waals surface area contributed by atoms with Crippen molar-refractivity contribution in [2.24, 2.45) is 0 Å². The van der Waals surface area contributed by atoms with Crippen LogP contribution >= 0.6 is 0 Å². The lowest BCUT2D eigenvalue weighted by molar-refractivity contribution is -0.0350. The first-order valence-corrected chi connectivity index (χ1v) is 4.60. The van der Waals surface area contributed by atoms with Crippen LogP contribution in [0.4, 0.5) is 0 Å². The predicted octanol–water partition coefficient (Wildman–Crippen LogP) is -0.575. The van der Waals surface area contributed by atoms with Crippen LogP contribution in [0.3, 0.4) is 0 Å². The zero-order valence-electron chi connectivity index (χ0n) is 6.24. The second-order valence-corrected chi connectivity index (χ2v) is 4.40. The van der Waals surface area contributed by atoms with Gasteiger partial charge >= 0.3 is 0 Å². The van der Waals surface area contributed by atoms with Gasteiger partial charge < -0.3 is 4.74 Å². The molecule has 0 bridgehead atoms. The number of rotatable bonds is 1.